The van der Waals surface area contributed by atoms with E-state index in [-0.39, 0.29) is 11.9 Å². The minimum absolute atomic E-state index is 0.0588. The Hall–Kier alpha value is -1.43. The summed E-state index contributed by atoms with van der Waals surface area (Å²) >= 11 is 0. The Bertz CT molecular complexity index is 382. The van der Waals surface area contributed by atoms with E-state index in [0.717, 1.165) is 0 Å². The first-order valence-electron chi connectivity index (χ1n) is 5.47. The average Bonchev–Trinajstić information content (AvgIpc) is 2.65. The molecule has 1 heterocycles. The molecule has 0 spiro atoms. The average molecular weight is 241 g/mol. The number of ether oxygens (including phenoxy) is 1. The Labute approximate surface area is 101 Å². The van der Waals surface area contributed by atoms with Gasteiger partial charge in [0, 0.05) is 12.5 Å². The molecule has 0 aliphatic rings. The molecule has 1 atom stereocenters. The third kappa shape index (κ3) is 3.81. The summed E-state index contributed by atoms with van der Waals surface area (Å²) in [6.07, 6.45) is 0. The molecule has 0 aliphatic heterocycles. The highest BCUT2D eigenvalue weighted by atomic mass is 16.5. The van der Waals surface area contributed by atoms with Crippen LogP contribution in [0.2, 0.25) is 0 Å². The third-order valence-corrected chi connectivity index (χ3v) is 2.16. The maximum absolute atomic E-state index is 11.8. The Balaban J connectivity index is 2.63. The van der Waals surface area contributed by atoms with E-state index < -0.39 is 5.41 Å². The van der Waals surface area contributed by atoms with Crippen molar-refractivity contribution in [3.8, 4) is 0 Å². The van der Waals surface area contributed by atoms with Gasteiger partial charge < -0.3 is 14.6 Å². The zero-order chi connectivity index (χ0) is 13.1. The fourth-order valence-electron chi connectivity index (χ4n) is 1.11. The molecule has 0 saturated heterocycles. The van der Waals surface area contributed by atoms with Crippen molar-refractivity contribution in [3.63, 3.8) is 0 Å². The van der Waals surface area contributed by atoms with E-state index in [1.807, 2.05) is 20.8 Å². The zero-order valence-electron chi connectivity index (χ0n) is 10.9. The highest BCUT2D eigenvalue weighted by Gasteiger charge is 2.25. The number of amides is 1. The van der Waals surface area contributed by atoms with Gasteiger partial charge in [0.2, 0.25) is 11.8 Å². The molecule has 1 unspecified atom stereocenters. The second-order valence-corrected chi connectivity index (χ2v) is 4.93. The van der Waals surface area contributed by atoms with Crippen LogP contribution in [0.4, 0.5) is 0 Å². The van der Waals surface area contributed by atoms with Crippen molar-refractivity contribution < 1.29 is 14.1 Å². The number of aromatic nitrogens is 2. The molecule has 0 bridgehead atoms. The van der Waals surface area contributed by atoms with Gasteiger partial charge in [0.05, 0.1) is 0 Å². The number of nitrogens with zero attached hydrogens (tertiary/aromatic N) is 2. The molecule has 6 heteroatoms. The second-order valence-electron chi connectivity index (χ2n) is 4.93. The summed E-state index contributed by atoms with van der Waals surface area (Å²) in [7, 11) is 1.56. The van der Waals surface area contributed by atoms with Crippen LogP contribution in [0.1, 0.15) is 45.5 Å². The molecule has 0 radical (unpaired) electrons. The van der Waals surface area contributed by atoms with E-state index >= 15 is 0 Å². The fourth-order valence-corrected chi connectivity index (χ4v) is 1.11. The number of nitrogens with one attached hydrogen (secondary N) is 1. The van der Waals surface area contributed by atoms with Crippen LogP contribution >= 0.6 is 0 Å². The van der Waals surface area contributed by atoms with Gasteiger partial charge in [0.15, 0.2) is 5.82 Å². The first-order valence-corrected chi connectivity index (χ1v) is 5.47. The summed E-state index contributed by atoms with van der Waals surface area (Å²) in [4.78, 5) is 15.9. The molecule has 0 aliphatic carbocycles. The lowest BCUT2D eigenvalue weighted by molar-refractivity contribution is -0.129. The predicted molar refractivity (Wildman–Crippen MR) is 61.0 cm³/mol. The maximum Gasteiger partial charge on any atom is 0.249 e. The van der Waals surface area contributed by atoms with Crippen molar-refractivity contribution in [1.29, 1.82) is 0 Å². The quantitative estimate of drug-likeness (QED) is 0.863. The summed E-state index contributed by atoms with van der Waals surface area (Å²) < 4.78 is 9.92. The van der Waals surface area contributed by atoms with Crippen molar-refractivity contribution in [2.24, 2.45) is 5.41 Å². The van der Waals surface area contributed by atoms with Gasteiger partial charge in [-0.15, -0.1) is 0 Å². The number of hydrogen-bond donors (Lipinski definition) is 1. The van der Waals surface area contributed by atoms with Crippen molar-refractivity contribution in [1.82, 2.24) is 15.5 Å². The second kappa shape index (κ2) is 5.27. The van der Waals surface area contributed by atoms with Crippen molar-refractivity contribution in [2.75, 3.05) is 7.11 Å². The van der Waals surface area contributed by atoms with Crippen LogP contribution in [0, 0.1) is 5.41 Å². The molecule has 0 aromatic carbocycles. The molecule has 1 N–H and O–H groups in total. The normalized spacial score (nSPS) is 13.5. The molecule has 1 rings (SSSR count). The highest BCUT2D eigenvalue weighted by Crippen LogP contribution is 2.16. The summed E-state index contributed by atoms with van der Waals surface area (Å²) in [5.74, 6) is 0.797. The minimum atomic E-state index is -0.441. The lowest BCUT2D eigenvalue weighted by Gasteiger charge is -2.19. The molecule has 1 amide bonds. The van der Waals surface area contributed by atoms with Crippen LogP contribution in [0.15, 0.2) is 4.52 Å². The maximum atomic E-state index is 11.8. The van der Waals surface area contributed by atoms with Gasteiger partial charge in [-0.25, -0.2) is 0 Å². The number of rotatable bonds is 4. The molecule has 96 valence electrons. The van der Waals surface area contributed by atoms with Crippen LogP contribution < -0.4 is 5.32 Å². The fraction of sp³-hybridized carbons (Fsp3) is 0.727. The summed E-state index contributed by atoms with van der Waals surface area (Å²) in [6.45, 7) is 7.63. The van der Waals surface area contributed by atoms with E-state index in [2.05, 4.69) is 15.5 Å². The van der Waals surface area contributed by atoms with Crippen molar-refractivity contribution in [3.05, 3.63) is 11.7 Å². The standard InChI is InChI=1S/C11H19N3O3/c1-7(12-10(15)11(2,3)4)9-13-8(6-16-5)14-17-9/h7H,6H2,1-5H3,(H,12,15). The van der Waals surface area contributed by atoms with Crippen LogP contribution in [-0.2, 0) is 16.1 Å². The Kier molecular flexibility index (Phi) is 4.22. The van der Waals surface area contributed by atoms with E-state index in [0.29, 0.717) is 18.3 Å². The van der Waals surface area contributed by atoms with Crippen molar-refractivity contribution in [2.45, 2.75) is 40.3 Å². The molecule has 1 aromatic rings. The Morgan fingerprint density at radius 2 is 2.18 bits per heavy atom. The number of hydrogen-bond acceptors (Lipinski definition) is 5. The Morgan fingerprint density at radius 1 is 1.53 bits per heavy atom. The third-order valence-electron chi connectivity index (χ3n) is 2.16. The van der Waals surface area contributed by atoms with Crippen LogP contribution in [0.25, 0.3) is 0 Å². The summed E-state index contributed by atoms with van der Waals surface area (Å²) in [5.41, 5.74) is -0.441. The molecule has 0 saturated carbocycles. The van der Waals surface area contributed by atoms with E-state index in [9.17, 15) is 4.79 Å². The van der Waals surface area contributed by atoms with Gasteiger partial charge in [0.25, 0.3) is 0 Å². The van der Waals surface area contributed by atoms with Crippen LogP contribution in [-0.4, -0.2) is 23.2 Å². The summed E-state index contributed by atoms with van der Waals surface area (Å²) in [5, 5.41) is 6.55. The first kappa shape index (κ1) is 13.6. The van der Waals surface area contributed by atoms with E-state index in [1.54, 1.807) is 14.0 Å². The molecule has 6 nitrogen and oxygen atoms in total. The number of carbonyl (C=O) groups excluding carboxylic acids is 1. The predicted octanol–water partition coefficient (Wildman–Crippen LogP) is 1.44. The van der Waals surface area contributed by atoms with Gasteiger partial charge in [-0.2, -0.15) is 4.98 Å². The van der Waals surface area contributed by atoms with Crippen LogP contribution in [0.5, 0.6) is 0 Å². The van der Waals surface area contributed by atoms with Gasteiger partial charge >= 0.3 is 0 Å². The molecular weight excluding hydrogens is 222 g/mol. The van der Waals surface area contributed by atoms with Gasteiger partial charge in [-0.05, 0) is 6.92 Å². The van der Waals surface area contributed by atoms with Gasteiger partial charge in [-0.1, -0.05) is 25.9 Å². The molecule has 1 aromatic heterocycles. The SMILES string of the molecule is COCc1noc(C(C)NC(=O)C(C)(C)C)n1. The number of methoxy groups -OCH3 is 1. The zero-order valence-corrected chi connectivity index (χ0v) is 10.9. The monoisotopic (exact) mass is 241 g/mol. The Morgan fingerprint density at radius 3 is 2.71 bits per heavy atom. The van der Waals surface area contributed by atoms with Crippen LogP contribution in [0.3, 0.4) is 0 Å². The van der Waals surface area contributed by atoms with E-state index in [4.69, 9.17) is 9.26 Å². The van der Waals surface area contributed by atoms with Crippen molar-refractivity contribution >= 4 is 5.91 Å². The largest absolute Gasteiger partial charge is 0.377 e. The lowest BCUT2D eigenvalue weighted by Crippen LogP contribution is -2.36. The smallest absolute Gasteiger partial charge is 0.249 e. The summed E-state index contributed by atoms with van der Waals surface area (Å²) in [6, 6.07) is -0.306. The highest BCUT2D eigenvalue weighted by molar-refractivity contribution is 5.81. The molecular formula is C11H19N3O3. The topological polar surface area (TPSA) is 77.3 Å². The molecule has 0 fully saturated rings. The minimum Gasteiger partial charge on any atom is -0.377 e. The first-order chi connectivity index (χ1) is 7.84. The number of carbonyl (C=O) groups is 1. The lowest BCUT2D eigenvalue weighted by atomic mass is 9.95. The van der Waals surface area contributed by atoms with Gasteiger partial charge in [-0.3, -0.25) is 4.79 Å². The van der Waals surface area contributed by atoms with E-state index in [1.165, 1.54) is 0 Å². The molecule has 17 heavy (non-hydrogen) atoms. The van der Waals surface area contributed by atoms with Gasteiger partial charge in [0.1, 0.15) is 12.6 Å².